The number of benzene rings is 2. The van der Waals surface area contributed by atoms with Crippen molar-refractivity contribution < 1.29 is 8.78 Å². The lowest BCUT2D eigenvalue weighted by Gasteiger charge is -2.24. The van der Waals surface area contributed by atoms with Crippen molar-refractivity contribution >= 4 is 12.2 Å². The first kappa shape index (κ1) is 21.8. The third-order valence-corrected chi connectivity index (χ3v) is 6.42. The molecule has 0 saturated carbocycles. The summed E-state index contributed by atoms with van der Waals surface area (Å²) in [6.45, 7) is 3.53. The minimum Gasteiger partial charge on any atom is -0.300 e. The second-order valence-electron chi connectivity index (χ2n) is 8.26. The molecule has 8 heteroatoms. The summed E-state index contributed by atoms with van der Waals surface area (Å²) in [5, 5.41) is 4.87. The molecule has 1 saturated heterocycles. The van der Waals surface area contributed by atoms with Crippen LogP contribution in [0.25, 0.3) is 5.69 Å². The molecule has 0 bridgehead atoms. The van der Waals surface area contributed by atoms with Crippen LogP contribution in [0.3, 0.4) is 0 Å². The first-order chi connectivity index (χ1) is 14.8. The van der Waals surface area contributed by atoms with Crippen LogP contribution in [0.5, 0.6) is 0 Å². The second kappa shape index (κ2) is 8.98. The number of nitrogens with zero attached hydrogens (tertiary/aromatic N) is 5. The molecule has 0 amide bonds. The van der Waals surface area contributed by atoms with Crippen LogP contribution in [0.2, 0.25) is 0 Å². The van der Waals surface area contributed by atoms with E-state index in [4.69, 9.17) is 17.3 Å². The third-order valence-electron chi connectivity index (χ3n) is 6.03. The molecular formula is C23H27F2N5S. The van der Waals surface area contributed by atoms with Gasteiger partial charge in [-0.1, -0.05) is 12.1 Å². The lowest BCUT2D eigenvalue weighted by atomic mass is 10.0. The van der Waals surface area contributed by atoms with E-state index in [0.717, 1.165) is 36.5 Å². The Morgan fingerprint density at radius 1 is 1.06 bits per heavy atom. The van der Waals surface area contributed by atoms with Crippen LogP contribution in [0.15, 0.2) is 48.5 Å². The maximum absolute atomic E-state index is 13.5. The third kappa shape index (κ3) is 4.46. The Labute approximate surface area is 186 Å². The van der Waals surface area contributed by atoms with Crippen molar-refractivity contribution in [2.45, 2.75) is 38.5 Å². The Bertz CT molecular complexity index is 1090. The summed E-state index contributed by atoms with van der Waals surface area (Å²) >= 11 is 5.82. The highest BCUT2D eigenvalue weighted by atomic mass is 32.1. The zero-order valence-corrected chi connectivity index (χ0v) is 18.8. The summed E-state index contributed by atoms with van der Waals surface area (Å²) in [4.78, 5) is 4.40. The van der Waals surface area contributed by atoms with E-state index in [1.807, 2.05) is 35.5 Å². The molecule has 1 aliphatic rings. The number of aromatic nitrogens is 3. The van der Waals surface area contributed by atoms with Gasteiger partial charge in [-0.3, -0.25) is 14.4 Å². The molecule has 1 aliphatic heterocycles. The fourth-order valence-corrected chi connectivity index (χ4v) is 4.38. The van der Waals surface area contributed by atoms with Gasteiger partial charge in [-0.05, 0) is 88.0 Å². The summed E-state index contributed by atoms with van der Waals surface area (Å²) in [6.07, 6.45) is 2.08. The smallest absolute Gasteiger partial charge is 0.203 e. The largest absolute Gasteiger partial charge is 0.300 e. The van der Waals surface area contributed by atoms with E-state index in [0.29, 0.717) is 11.4 Å². The van der Waals surface area contributed by atoms with E-state index in [2.05, 4.69) is 16.7 Å². The first-order valence-electron chi connectivity index (χ1n) is 10.5. The second-order valence-corrected chi connectivity index (χ2v) is 8.62. The Morgan fingerprint density at radius 3 is 2.29 bits per heavy atom. The summed E-state index contributed by atoms with van der Waals surface area (Å²) in [5.74, 6) is 0.291. The number of likely N-dealkylation sites (tertiary alicyclic amines) is 1. The SMILES string of the molecule is C[C@@H](c1nn(CN2CCC[C@H]2c2ccc(F)cc2)c(=S)n1-c1ccc(F)cc1)N(C)C. The highest BCUT2D eigenvalue weighted by Crippen LogP contribution is 2.32. The molecule has 2 aromatic carbocycles. The van der Waals surface area contributed by atoms with Crippen molar-refractivity contribution in [3.8, 4) is 5.69 Å². The lowest BCUT2D eigenvalue weighted by Crippen LogP contribution is -2.27. The van der Waals surface area contributed by atoms with E-state index < -0.39 is 0 Å². The molecule has 2 heterocycles. The van der Waals surface area contributed by atoms with Gasteiger partial charge in [-0.2, -0.15) is 5.10 Å². The average Bonchev–Trinajstić information content (AvgIpc) is 3.34. The fraction of sp³-hybridized carbons (Fsp3) is 0.391. The number of rotatable bonds is 6. The molecule has 0 spiro atoms. The van der Waals surface area contributed by atoms with Crippen molar-refractivity contribution in [2.75, 3.05) is 20.6 Å². The highest BCUT2D eigenvalue weighted by Gasteiger charge is 2.28. The molecule has 0 radical (unpaired) electrons. The van der Waals surface area contributed by atoms with E-state index in [1.165, 1.54) is 24.3 Å². The number of halogens is 2. The van der Waals surface area contributed by atoms with Gasteiger partial charge in [0, 0.05) is 18.3 Å². The molecular weight excluding hydrogens is 416 g/mol. The molecule has 0 N–H and O–H groups in total. The Hall–Kier alpha value is -2.42. The van der Waals surface area contributed by atoms with Crippen LogP contribution in [0.4, 0.5) is 8.78 Å². The predicted molar refractivity (Wildman–Crippen MR) is 120 cm³/mol. The molecule has 31 heavy (non-hydrogen) atoms. The van der Waals surface area contributed by atoms with Gasteiger partial charge in [-0.25, -0.2) is 13.5 Å². The fourth-order valence-electron chi connectivity index (χ4n) is 4.08. The average molecular weight is 444 g/mol. The molecule has 0 unspecified atom stereocenters. The van der Waals surface area contributed by atoms with Gasteiger partial charge in [0.2, 0.25) is 4.77 Å². The first-order valence-corrected chi connectivity index (χ1v) is 10.9. The van der Waals surface area contributed by atoms with E-state index in [-0.39, 0.29) is 23.7 Å². The molecule has 5 nitrogen and oxygen atoms in total. The monoisotopic (exact) mass is 443 g/mol. The van der Waals surface area contributed by atoms with Gasteiger partial charge < -0.3 is 0 Å². The number of hydrogen-bond donors (Lipinski definition) is 0. The molecule has 2 atom stereocenters. The van der Waals surface area contributed by atoms with Crippen molar-refractivity contribution in [3.63, 3.8) is 0 Å². The van der Waals surface area contributed by atoms with Gasteiger partial charge >= 0.3 is 0 Å². The summed E-state index contributed by atoms with van der Waals surface area (Å²) in [7, 11) is 3.99. The van der Waals surface area contributed by atoms with Gasteiger partial charge in [-0.15, -0.1) is 0 Å². The van der Waals surface area contributed by atoms with Crippen LogP contribution in [0, 0.1) is 16.4 Å². The van der Waals surface area contributed by atoms with E-state index >= 15 is 0 Å². The van der Waals surface area contributed by atoms with Gasteiger partial charge in [0.25, 0.3) is 0 Å². The van der Waals surface area contributed by atoms with Crippen molar-refractivity contribution in [1.29, 1.82) is 0 Å². The summed E-state index contributed by atoms with van der Waals surface area (Å²) in [5.41, 5.74) is 1.89. The topological polar surface area (TPSA) is 29.2 Å². The van der Waals surface area contributed by atoms with Gasteiger partial charge in [0.1, 0.15) is 11.6 Å². The van der Waals surface area contributed by atoms with Crippen LogP contribution in [0.1, 0.15) is 43.2 Å². The van der Waals surface area contributed by atoms with Crippen LogP contribution < -0.4 is 0 Å². The lowest BCUT2D eigenvalue weighted by molar-refractivity contribution is 0.188. The predicted octanol–water partition coefficient (Wildman–Crippen LogP) is 5.10. The number of hydrogen-bond acceptors (Lipinski definition) is 4. The summed E-state index contributed by atoms with van der Waals surface area (Å²) in [6, 6.07) is 13.3. The molecule has 164 valence electrons. The standard InChI is InChI=1S/C23H27F2N5S/c1-16(27(2)3)22-26-29(23(31)30(22)20-12-10-19(25)11-13-20)15-28-14-4-5-21(28)17-6-8-18(24)9-7-17/h6-13,16,21H,4-5,14-15H2,1-3H3/t16-,21-/m0/s1. The van der Waals surface area contributed by atoms with Crippen molar-refractivity contribution in [2.24, 2.45) is 0 Å². The van der Waals surface area contributed by atoms with Crippen LogP contribution in [-0.2, 0) is 6.67 Å². The Kier molecular flexibility index (Phi) is 6.31. The van der Waals surface area contributed by atoms with E-state index in [9.17, 15) is 8.78 Å². The minimum absolute atomic E-state index is 0.0134. The van der Waals surface area contributed by atoms with Gasteiger partial charge in [0.05, 0.1) is 12.7 Å². The Balaban J connectivity index is 1.70. The molecule has 4 rings (SSSR count). The molecule has 3 aromatic rings. The zero-order chi connectivity index (χ0) is 22.1. The van der Waals surface area contributed by atoms with Gasteiger partial charge in [0.15, 0.2) is 5.82 Å². The maximum Gasteiger partial charge on any atom is 0.203 e. The molecule has 0 aliphatic carbocycles. The maximum atomic E-state index is 13.5. The van der Waals surface area contributed by atoms with E-state index in [1.54, 1.807) is 12.1 Å². The van der Waals surface area contributed by atoms with Crippen molar-refractivity contribution in [3.05, 3.63) is 76.3 Å². The zero-order valence-electron chi connectivity index (χ0n) is 18.0. The van der Waals surface area contributed by atoms with Crippen LogP contribution >= 0.6 is 12.2 Å². The highest BCUT2D eigenvalue weighted by molar-refractivity contribution is 7.71. The quantitative estimate of drug-likeness (QED) is 0.496. The summed E-state index contributed by atoms with van der Waals surface area (Å²) < 4.78 is 31.2. The normalized spacial score (nSPS) is 18.1. The Morgan fingerprint density at radius 2 is 1.68 bits per heavy atom. The molecule has 1 fully saturated rings. The minimum atomic E-state index is -0.288. The van der Waals surface area contributed by atoms with Crippen molar-refractivity contribution in [1.82, 2.24) is 24.1 Å². The van der Waals surface area contributed by atoms with Crippen LogP contribution in [-0.4, -0.2) is 44.8 Å². The molecule has 1 aromatic heterocycles.